The van der Waals surface area contributed by atoms with Gasteiger partial charge in [0.2, 0.25) is 16.5 Å². The van der Waals surface area contributed by atoms with Crippen molar-refractivity contribution >= 4 is 246 Å². The molecule has 602 valence electrons. The standard InChI is InChI=1S/C18H18ClNOS.C18H18ClNS2.C17H17BrClNO2S.C17H19ClN2O2S.C13H12ClNOS.C4H6Br2O/c2*1-10-11(2)22-14-9-15(21)18(3,4)20-17(16(10)14)12-5-7-13(19)8-6-12;1-9-10(2)23-15(20-16(22)17(3,4)18)13(9)14(21)11-5-7-12(19)8-6-11;1-9-10(2)23-15(20-16(22)17(3,4)19)13(9)14(21)11-5-7-12(18)8-6-11;1-7-8(2)17-13(15)11(7)12(16)9-3-5-10(14)6-4-9;1-4(2,6)3(5)7/h2*5-8H,9H2,1-4H3;5-8H,1-4H3,(H,20,22);5-8H,19H2,1-4H3,(H,20,22);3-6H,15H2,1-2H3;1-2H3. The molecule has 2 aliphatic heterocycles. The van der Waals surface area contributed by atoms with Crippen LogP contribution in [0.4, 0.5) is 15.0 Å². The smallest absolute Gasteiger partial charge is 0.244 e. The van der Waals surface area contributed by atoms with E-state index in [1.165, 1.54) is 65.3 Å². The summed E-state index contributed by atoms with van der Waals surface area (Å²) in [7, 11) is 0. The van der Waals surface area contributed by atoms with E-state index >= 15 is 0 Å². The summed E-state index contributed by atoms with van der Waals surface area (Å²) in [6, 6.07) is 35.9. The molecule has 27 heteroatoms. The Bertz CT molecular complexity index is 5120. The number of hydrogen-bond acceptors (Lipinski definition) is 17. The van der Waals surface area contributed by atoms with Crippen molar-refractivity contribution in [2.45, 2.75) is 177 Å². The molecule has 13 nitrogen and oxygen atoms in total. The van der Waals surface area contributed by atoms with Gasteiger partial charge >= 0.3 is 0 Å². The number of halogens is 8. The lowest BCUT2D eigenvalue weighted by molar-refractivity contribution is -0.122. The first kappa shape index (κ1) is 95.1. The molecule has 12 rings (SSSR count). The summed E-state index contributed by atoms with van der Waals surface area (Å²) < 4.78 is -1.15. The number of nitrogens with zero attached hydrogens (tertiary/aromatic N) is 2. The number of carbonyl (C=O) groups excluding carboxylic acids is 7. The van der Waals surface area contributed by atoms with Gasteiger partial charge in [-0.05, 0) is 279 Å². The third kappa shape index (κ3) is 24.1. The van der Waals surface area contributed by atoms with Crippen LogP contribution >= 0.6 is 175 Å². The van der Waals surface area contributed by atoms with Gasteiger partial charge in [-0.2, -0.15) is 0 Å². The number of thiocarbonyl (C=S) groups is 1. The minimum Gasteiger partial charge on any atom is -0.390 e. The van der Waals surface area contributed by atoms with E-state index in [0.29, 0.717) is 74.9 Å². The van der Waals surface area contributed by atoms with Crippen molar-refractivity contribution in [2.24, 2.45) is 15.7 Å². The maximum absolute atomic E-state index is 12.8. The number of fused-ring (bicyclic) bond motifs is 2. The first-order valence-corrected chi connectivity index (χ1v) is 44.4. The summed E-state index contributed by atoms with van der Waals surface area (Å²) in [6.45, 7) is 38.4. The Labute approximate surface area is 744 Å². The van der Waals surface area contributed by atoms with Crippen LogP contribution in [0.25, 0.3) is 0 Å². The third-order valence-electron chi connectivity index (χ3n) is 18.6. The number of nitrogens with one attached hydrogen (secondary N) is 2. The number of ketones is 4. The Morgan fingerprint density at radius 3 is 1.04 bits per heavy atom. The number of aryl methyl sites for hydroxylation is 5. The number of nitrogens with two attached hydrogens (primary N) is 2. The molecule has 2 aliphatic rings. The third-order valence-corrected chi connectivity index (χ3v) is 28.5. The van der Waals surface area contributed by atoms with Crippen LogP contribution in [0.1, 0.15) is 201 Å². The van der Waals surface area contributed by atoms with Crippen molar-refractivity contribution in [3.63, 3.8) is 0 Å². The fourth-order valence-corrected chi connectivity index (χ4v) is 17.5. The second-order valence-electron chi connectivity index (χ2n) is 29.8. The van der Waals surface area contributed by atoms with E-state index in [2.05, 4.69) is 100.0 Å². The average Bonchev–Trinajstić information content (AvgIpc) is 1.62. The zero-order valence-electron chi connectivity index (χ0n) is 66.8. The topological polar surface area (TPSA) is 220 Å². The molecule has 5 aromatic carbocycles. The van der Waals surface area contributed by atoms with Gasteiger partial charge in [0.05, 0.1) is 52.8 Å². The van der Waals surface area contributed by atoms with Gasteiger partial charge in [-0.15, -0.1) is 56.7 Å². The van der Waals surface area contributed by atoms with Gasteiger partial charge in [0, 0.05) is 116 Å². The molecule has 7 heterocycles. The van der Waals surface area contributed by atoms with Gasteiger partial charge in [0.1, 0.15) is 15.5 Å². The second-order valence-corrected chi connectivity index (χ2v) is 43.5. The van der Waals surface area contributed by atoms with Crippen LogP contribution in [0.5, 0.6) is 0 Å². The molecule has 0 saturated heterocycles. The Morgan fingerprint density at radius 1 is 0.439 bits per heavy atom. The average molecular weight is 1940 g/mol. The molecule has 10 aromatic rings. The summed E-state index contributed by atoms with van der Waals surface area (Å²) in [4.78, 5) is 104. The van der Waals surface area contributed by atoms with Crippen LogP contribution in [0, 0.1) is 69.2 Å². The molecule has 0 spiro atoms. The van der Waals surface area contributed by atoms with Crippen LogP contribution in [-0.2, 0) is 32.0 Å². The minimum absolute atomic E-state index is 0.0278. The fourth-order valence-electron chi connectivity index (χ4n) is 11.1. The van der Waals surface area contributed by atoms with E-state index in [-0.39, 0.29) is 45.2 Å². The van der Waals surface area contributed by atoms with Gasteiger partial charge in [0.15, 0.2) is 23.1 Å². The van der Waals surface area contributed by atoms with Gasteiger partial charge in [-0.3, -0.25) is 43.5 Å². The lowest BCUT2D eigenvalue weighted by Crippen LogP contribution is -2.45. The number of hydrogen-bond donors (Lipinski definition) is 4. The Morgan fingerprint density at radius 2 is 0.728 bits per heavy atom. The van der Waals surface area contributed by atoms with Crippen molar-refractivity contribution < 1.29 is 33.6 Å². The number of carbonyl (C=O) groups is 7. The summed E-state index contributed by atoms with van der Waals surface area (Å²) >= 11 is 52.3. The number of aliphatic imine (C=N–C) groups is 2. The molecular weight excluding hydrogens is 1850 g/mol. The van der Waals surface area contributed by atoms with Crippen LogP contribution in [-0.4, -0.2) is 81.2 Å². The zero-order chi connectivity index (χ0) is 85.5. The highest BCUT2D eigenvalue weighted by molar-refractivity contribution is 9.20. The molecule has 0 unspecified atom stereocenters. The fraction of sp³-hybridized carbons (Fsp3) is 0.310. The van der Waals surface area contributed by atoms with Crippen molar-refractivity contribution in [3.05, 3.63) is 264 Å². The van der Waals surface area contributed by atoms with Gasteiger partial charge in [-0.25, -0.2) is 0 Å². The maximum atomic E-state index is 12.8. The molecule has 0 radical (unpaired) electrons. The van der Waals surface area contributed by atoms with Gasteiger partial charge in [-0.1, -0.05) is 126 Å². The molecule has 0 bridgehead atoms. The summed E-state index contributed by atoms with van der Waals surface area (Å²) in [5.41, 5.74) is 24.7. The summed E-state index contributed by atoms with van der Waals surface area (Å²) in [6.07, 6.45) is 1.29. The number of amides is 2. The number of benzene rings is 5. The molecule has 2 amide bonds. The molecule has 0 atom stereocenters. The predicted molar refractivity (Wildman–Crippen MR) is 501 cm³/mol. The van der Waals surface area contributed by atoms with Crippen molar-refractivity contribution in [1.82, 2.24) is 0 Å². The Kier molecular flexibility index (Phi) is 32.7. The summed E-state index contributed by atoms with van der Waals surface area (Å²) in [5.74, 6) is -0.660. The van der Waals surface area contributed by atoms with Crippen molar-refractivity contribution in [2.75, 3.05) is 16.4 Å². The van der Waals surface area contributed by atoms with E-state index in [4.69, 9.17) is 91.7 Å². The van der Waals surface area contributed by atoms with E-state index in [0.717, 1.165) is 80.6 Å². The highest BCUT2D eigenvalue weighted by atomic mass is 79.9. The van der Waals surface area contributed by atoms with Crippen LogP contribution in [0.2, 0.25) is 25.1 Å². The van der Waals surface area contributed by atoms with E-state index < -0.39 is 19.7 Å². The molecule has 0 saturated carbocycles. The Hall–Kier alpha value is -6.03. The first-order valence-electron chi connectivity index (χ1n) is 35.7. The highest BCUT2D eigenvalue weighted by Crippen LogP contribution is 2.41. The maximum Gasteiger partial charge on any atom is 0.244 e. The van der Waals surface area contributed by atoms with Gasteiger partial charge < -0.3 is 22.1 Å². The van der Waals surface area contributed by atoms with Crippen molar-refractivity contribution in [3.8, 4) is 0 Å². The quantitative estimate of drug-likeness (QED) is 0.0370. The van der Waals surface area contributed by atoms with Crippen LogP contribution in [0.15, 0.2) is 131 Å². The van der Waals surface area contributed by atoms with E-state index in [1.54, 1.807) is 126 Å². The van der Waals surface area contributed by atoms with Crippen LogP contribution in [0.3, 0.4) is 0 Å². The highest BCUT2D eigenvalue weighted by Gasteiger charge is 2.36. The van der Waals surface area contributed by atoms with Gasteiger partial charge in [0.25, 0.3) is 0 Å². The zero-order valence-corrected chi connectivity index (χ0v) is 80.3. The largest absolute Gasteiger partial charge is 0.390 e. The predicted octanol–water partition coefficient (Wildman–Crippen LogP) is 25.5. The number of thiophene rings is 5. The van der Waals surface area contributed by atoms with E-state index in [9.17, 15) is 33.6 Å². The number of Topliss-reactive ketones (excluding diaryl/α,β-unsaturated/α-hetero) is 1. The minimum atomic E-state index is -1.02. The van der Waals surface area contributed by atoms with Crippen molar-refractivity contribution in [1.29, 1.82) is 0 Å². The number of rotatable bonds is 13. The number of anilines is 3. The number of alkyl halides is 2. The lowest BCUT2D eigenvalue weighted by atomic mass is 9.97. The summed E-state index contributed by atoms with van der Waals surface area (Å²) in [5, 5.41) is 10.5. The number of nitrogen functional groups attached to an aromatic ring is 1. The molecule has 0 aliphatic carbocycles. The second kappa shape index (κ2) is 39.2. The molecule has 0 fully saturated rings. The molecule has 6 N–H and O–H groups in total. The molecule has 114 heavy (non-hydrogen) atoms. The normalized spacial score (nSPS) is 13.4. The van der Waals surface area contributed by atoms with Crippen LogP contribution < -0.4 is 22.1 Å². The van der Waals surface area contributed by atoms with E-state index in [1.807, 2.05) is 115 Å². The Balaban J connectivity index is 0.000000194. The SMILES string of the molecule is CC(C)(Br)C(=O)Br.Cc1sc(N)c(C(=O)c2ccc(Cl)cc2)c1C.Cc1sc(NC(=O)C(C)(C)Br)c(C(=O)c2ccc(Cl)cc2)c1C.Cc1sc(NC(=O)C(C)(C)N)c(C(=O)c2ccc(Cl)cc2)c1C.Cc1sc2c(c1C)C(c1ccc(Cl)cc1)=NC(C)(C)C(=O)C2.Cc1sc2c(c1C)C(c1ccc(Cl)cc1)=NC(C)(C)C(=S)C2. The molecular formula is C87H90Br3Cl5N6O7S6. The molecule has 5 aromatic heterocycles. The monoisotopic (exact) mass is 1930 g/mol. The first-order chi connectivity index (χ1) is 52.7. The lowest BCUT2D eigenvalue weighted by Gasteiger charge is -2.20.